The SMILES string of the molecule is CC(C)(C)c1ccc2cc(N)oc2c1.CC(C)(C)c1nccc2occc12.Cc1nc2ccc(C(C)(C)C)cc2o1. The Kier molecular flexibility index (Phi) is 8.08. The standard InChI is InChI=1S/2C12H15NO.C11H13NO/c1-8-13-10-6-5-9(12(2,3)4)7-11(10)14-8;1-12(2,3)9-5-4-8-6-11(13)14-10(8)7-9;1-11(2,3)10-8-5-7-13-9(8)4-6-12-10/h5-7H,1-4H3;4-7H,13H2,1-3H3;4-7H,1-3H3. The quantitative estimate of drug-likeness (QED) is 0.201. The van der Waals surface area contributed by atoms with Gasteiger partial charge in [-0.15, -0.1) is 0 Å². The maximum absolute atomic E-state index is 5.58. The first kappa shape index (κ1) is 29.9. The smallest absolute Gasteiger partial charge is 0.192 e. The van der Waals surface area contributed by atoms with Gasteiger partial charge in [0.1, 0.15) is 16.7 Å². The number of nitrogen functional groups attached to an aromatic ring is 1. The molecule has 0 bridgehead atoms. The molecule has 0 aliphatic heterocycles. The van der Waals surface area contributed by atoms with Crippen LogP contribution in [0.1, 0.15) is 85.0 Å². The Hall–Kier alpha value is -4.06. The number of benzene rings is 2. The summed E-state index contributed by atoms with van der Waals surface area (Å²) in [6.07, 6.45) is 3.51. The van der Waals surface area contributed by atoms with E-state index >= 15 is 0 Å². The lowest BCUT2D eigenvalue weighted by molar-refractivity contribution is 0.555. The number of rotatable bonds is 0. The number of aromatic nitrogens is 2. The molecule has 0 fully saturated rings. The van der Waals surface area contributed by atoms with Crippen molar-refractivity contribution in [2.45, 2.75) is 85.5 Å². The fraction of sp³-hybridized carbons (Fsp3) is 0.371. The van der Waals surface area contributed by atoms with Crippen LogP contribution in [-0.4, -0.2) is 9.97 Å². The van der Waals surface area contributed by atoms with Crippen LogP contribution in [0.3, 0.4) is 0 Å². The lowest BCUT2D eigenvalue weighted by atomic mass is 9.87. The van der Waals surface area contributed by atoms with Gasteiger partial charge < -0.3 is 19.0 Å². The van der Waals surface area contributed by atoms with Gasteiger partial charge in [-0.3, -0.25) is 4.98 Å². The molecular formula is C35H43N3O3. The maximum Gasteiger partial charge on any atom is 0.192 e. The van der Waals surface area contributed by atoms with Crippen LogP contribution >= 0.6 is 0 Å². The molecule has 0 aliphatic rings. The molecule has 6 heteroatoms. The Labute approximate surface area is 243 Å². The van der Waals surface area contributed by atoms with Crippen molar-refractivity contribution in [3.63, 3.8) is 0 Å². The lowest BCUT2D eigenvalue weighted by Gasteiger charge is -2.18. The van der Waals surface area contributed by atoms with Crippen LogP contribution in [0.25, 0.3) is 33.0 Å². The van der Waals surface area contributed by atoms with Crippen LogP contribution in [0.15, 0.2) is 80.3 Å². The van der Waals surface area contributed by atoms with Gasteiger partial charge in [-0.25, -0.2) is 4.98 Å². The molecule has 0 spiro atoms. The number of aryl methyl sites for hydroxylation is 1. The highest BCUT2D eigenvalue weighted by atomic mass is 16.4. The molecule has 0 radical (unpaired) electrons. The summed E-state index contributed by atoms with van der Waals surface area (Å²) in [7, 11) is 0. The van der Waals surface area contributed by atoms with Gasteiger partial charge in [0.05, 0.1) is 12.0 Å². The summed E-state index contributed by atoms with van der Waals surface area (Å²) in [5.41, 5.74) is 13.2. The first-order valence-corrected chi connectivity index (χ1v) is 14.0. The average Bonchev–Trinajstić information content (AvgIpc) is 3.58. The molecule has 216 valence electrons. The summed E-state index contributed by atoms with van der Waals surface area (Å²) in [6.45, 7) is 21.5. The maximum atomic E-state index is 5.58. The lowest BCUT2D eigenvalue weighted by Crippen LogP contribution is -2.13. The number of nitrogens with zero attached hydrogens (tertiary/aromatic N) is 2. The van der Waals surface area contributed by atoms with Crippen LogP contribution in [0, 0.1) is 6.92 Å². The summed E-state index contributed by atoms with van der Waals surface area (Å²) in [6, 6.07) is 18.2. The normalized spacial score (nSPS) is 12.2. The van der Waals surface area contributed by atoms with Gasteiger partial charge in [-0.1, -0.05) is 80.5 Å². The third kappa shape index (κ3) is 7.18. The molecule has 0 aliphatic carbocycles. The number of oxazole rings is 1. The largest absolute Gasteiger partial charge is 0.464 e. The van der Waals surface area contributed by atoms with Crippen molar-refractivity contribution < 1.29 is 13.3 Å². The minimum Gasteiger partial charge on any atom is -0.464 e. The van der Waals surface area contributed by atoms with Crippen LogP contribution in [-0.2, 0) is 16.2 Å². The Morgan fingerprint density at radius 2 is 1.29 bits per heavy atom. The van der Waals surface area contributed by atoms with Crippen LogP contribution in [0.4, 0.5) is 5.88 Å². The Bertz CT molecular complexity index is 1680. The fourth-order valence-electron chi connectivity index (χ4n) is 4.52. The predicted octanol–water partition coefficient (Wildman–Crippen LogP) is 9.87. The molecular weight excluding hydrogens is 510 g/mol. The number of hydrogen-bond donors (Lipinski definition) is 1. The van der Waals surface area contributed by atoms with Crippen molar-refractivity contribution in [1.82, 2.24) is 9.97 Å². The summed E-state index contributed by atoms with van der Waals surface area (Å²) < 4.78 is 16.2. The van der Waals surface area contributed by atoms with Gasteiger partial charge in [-0.2, -0.15) is 0 Å². The molecule has 0 saturated carbocycles. The van der Waals surface area contributed by atoms with Crippen LogP contribution in [0.2, 0.25) is 0 Å². The molecule has 6 rings (SSSR count). The van der Waals surface area contributed by atoms with Gasteiger partial charge in [0.2, 0.25) is 0 Å². The number of anilines is 1. The number of pyridine rings is 1. The van der Waals surface area contributed by atoms with E-state index in [1.165, 1.54) is 11.1 Å². The van der Waals surface area contributed by atoms with Crippen molar-refractivity contribution in [2.24, 2.45) is 0 Å². The van der Waals surface area contributed by atoms with Gasteiger partial charge >= 0.3 is 0 Å². The third-order valence-corrected chi connectivity index (χ3v) is 6.86. The zero-order valence-corrected chi connectivity index (χ0v) is 26.0. The van der Waals surface area contributed by atoms with Crippen molar-refractivity contribution in [3.05, 3.63) is 89.8 Å². The summed E-state index contributed by atoms with van der Waals surface area (Å²) in [4.78, 5) is 8.66. The molecule has 6 aromatic rings. The molecule has 4 heterocycles. The Balaban J connectivity index is 0.000000142. The van der Waals surface area contributed by atoms with E-state index in [1.807, 2.05) is 31.2 Å². The second-order valence-corrected chi connectivity index (χ2v) is 13.6. The molecule has 6 nitrogen and oxygen atoms in total. The Morgan fingerprint density at radius 1 is 0.659 bits per heavy atom. The van der Waals surface area contributed by atoms with Crippen molar-refractivity contribution in [2.75, 3.05) is 5.73 Å². The zero-order valence-electron chi connectivity index (χ0n) is 26.0. The van der Waals surface area contributed by atoms with E-state index in [0.717, 1.165) is 44.6 Å². The fourth-order valence-corrected chi connectivity index (χ4v) is 4.52. The zero-order chi connectivity index (χ0) is 30.2. The highest BCUT2D eigenvalue weighted by Crippen LogP contribution is 2.30. The van der Waals surface area contributed by atoms with Crippen molar-refractivity contribution >= 4 is 38.9 Å². The first-order valence-electron chi connectivity index (χ1n) is 14.0. The minimum atomic E-state index is 0.0728. The molecule has 2 N–H and O–H groups in total. The highest BCUT2D eigenvalue weighted by molar-refractivity contribution is 5.81. The second-order valence-electron chi connectivity index (χ2n) is 13.6. The Morgan fingerprint density at radius 3 is 1.93 bits per heavy atom. The van der Waals surface area contributed by atoms with Gasteiger partial charge in [0.25, 0.3) is 0 Å². The van der Waals surface area contributed by atoms with Crippen LogP contribution < -0.4 is 5.73 Å². The number of nitrogens with two attached hydrogens (primary N) is 1. The topological polar surface area (TPSA) is 91.2 Å². The molecule has 0 atom stereocenters. The van der Waals surface area contributed by atoms with E-state index in [9.17, 15) is 0 Å². The van der Waals surface area contributed by atoms with E-state index in [-0.39, 0.29) is 16.2 Å². The average molecular weight is 554 g/mol. The molecule has 0 saturated heterocycles. The first-order chi connectivity index (χ1) is 19.0. The van der Waals surface area contributed by atoms with Gasteiger partial charge in [0.15, 0.2) is 17.4 Å². The third-order valence-electron chi connectivity index (χ3n) is 6.86. The molecule has 4 aromatic heterocycles. The van der Waals surface area contributed by atoms with Gasteiger partial charge in [0, 0.05) is 35.4 Å². The molecule has 2 aromatic carbocycles. The molecule has 0 unspecified atom stereocenters. The minimum absolute atomic E-state index is 0.0728. The van der Waals surface area contributed by atoms with Gasteiger partial charge in [-0.05, 0) is 52.3 Å². The number of fused-ring (bicyclic) bond motifs is 3. The summed E-state index contributed by atoms with van der Waals surface area (Å²) in [5, 5.41) is 2.19. The number of furan rings is 2. The number of hydrogen-bond acceptors (Lipinski definition) is 6. The van der Waals surface area contributed by atoms with Crippen molar-refractivity contribution in [3.8, 4) is 0 Å². The van der Waals surface area contributed by atoms with E-state index in [2.05, 4.69) is 103 Å². The highest BCUT2D eigenvalue weighted by Gasteiger charge is 2.19. The summed E-state index contributed by atoms with van der Waals surface area (Å²) in [5.74, 6) is 1.21. The second kappa shape index (κ2) is 11.1. The molecule has 0 amide bonds. The molecule has 41 heavy (non-hydrogen) atoms. The van der Waals surface area contributed by atoms with E-state index in [0.29, 0.717) is 5.88 Å². The monoisotopic (exact) mass is 553 g/mol. The van der Waals surface area contributed by atoms with E-state index in [1.54, 1.807) is 12.5 Å². The summed E-state index contributed by atoms with van der Waals surface area (Å²) >= 11 is 0. The van der Waals surface area contributed by atoms with Crippen molar-refractivity contribution in [1.29, 1.82) is 0 Å². The van der Waals surface area contributed by atoms with E-state index in [4.69, 9.17) is 19.0 Å². The predicted molar refractivity (Wildman–Crippen MR) is 169 cm³/mol. The van der Waals surface area contributed by atoms with E-state index < -0.39 is 0 Å². The van der Waals surface area contributed by atoms with Crippen LogP contribution in [0.5, 0.6) is 0 Å².